The standard InChI is InChI=1S/C16H12N2O3/c1-10-6-7-17-15(14(10)16(19)20)21-12-8-11-4-2-3-5-13(11)18-9-12/h2-9H,1H3,(H,19,20). The molecule has 0 unspecified atom stereocenters. The topological polar surface area (TPSA) is 72.3 Å². The van der Waals surface area contributed by atoms with Crippen LogP contribution in [-0.4, -0.2) is 21.0 Å². The van der Waals surface area contributed by atoms with Gasteiger partial charge in [0.2, 0.25) is 5.88 Å². The van der Waals surface area contributed by atoms with Crippen molar-refractivity contribution in [2.24, 2.45) is 0 Å². The molecule has 0 saturated heterocycles. The Hall–Kier alpha value is -2.95. The Balaban J connectivity index is 2.02. The number of aryl methyl sites for hydroxylation is 1. The number of hydrogen-bond donors (Lipinski definition) is 1. The third kappa shape index (κ3) is 2.53. The van der Waals surface area contributed by atoms with E-state index in [4.69, 9.17) is 4.74 Å². The van der Waals surface area contributed by atoms with Gasteiger partial charge in [0.05, 0.1) is 11.7 Å². The summed E-state index contributed by atoms with van der Waals surface area (Å²) in [7, 11) is 0. The normalized spacial score (nSPS) is 10.5. The molecule has 0 fully saturated rings. The molecule has 2 aromatic heterocycles. The summed E-state index contributed by atoms with van der Waals surface area (Å²) in [6.45, 7) is 1.70. The van der Waals surface area contributed by atoms with Gasteiger partial charge in [-0.15, -0.1) is 0 Å². The summed E-state index contributed by atoms with van der Waals surface area (Å²) in [5.41, 5.74) is 1.51. The summed E-state index contributed by atoms with van der Waals surface area (Å²) >= 11 is 0. The van der Waals surface area contributed by atoms with Gasteiger partial charge in [0, 0.05) is 11.6 Å². The molecule has 0 aliphatic carbocycles. The Bertz CT molecular complexity index is 831. The summed E-state index contributed by atoms with van der Waals surface area (Å²) in [6, 6.07) is 11.1. The zero-order valence-corrected chi connectivity index (χ0v) is 11.3. The first-order valence-electron chi connectivity index (χ1n) is 6.36. The molecule has 5 heteroatoms. The van der Waals surface area contributed by atoms with Crippen molar-refractivity contribution in [3.05, 3.63) is 59.9 Å². The highest BCUT2D eigenvalue weighted by Crippen LogP contribution is 2.26. The van der Waals surface area contributed by atoms with Crippen molar-refractivity contribution in [3.8, 4) is 11.6 Å². The fourth-order valence-corrected chi connectivity index (χ4v) is 2.09. The molecule has 0 aliphatic rings. The van der Waals surface area contributed by atoms with E-state index < -0.39 is 5.97 Å². The molecule has 1 aromatic carbocycles. The number of ether oxygens (including phenoxy) is 1. The summed E-state index contributed by atoms with van der Waals surface area (Å²) < 4.78 is 5.61. The molecule has 21 heavy (non-hydrogen) atoms. The molecule has 0 spiro atoms. The highest BCUT2D eigenvalue weighted by molar-refractivity contribution is 5.92. The van der Waals surface area contributed by atoms with Crippen LogP contribution in [0.25, 0.3) is 10.9 Å². The molecule has 3 rings (SSSR count). The van der Waals surface area contributed by atoms with E-state index in [1.807, 2.05) is 24.3 Å². The molecule has 0 bridgehead atoms. The quantitative estimate of drug-likeness (QED) is 0.795. The number of carbonyl (C=O) groups is 1. The van der Waals surface area contributed by atoms with E-state index in [-0.39, 0.29) is 11.4 Å². The first-order chi connectivity index (χ1) is 10.1. The number of pyridine rings is 2. The number of hydrogen-bond acceptors (Lipinski definition) is 4. The van der Waals surface area contributed by atoms with Crippen molar-refractivity contribution in [2.45, 2.75) is 6.92 Å². The van der Waals surface area contributed by atoms with E-state index in [0.717, 1.165) is 10.9 Å². The number of fused-ring (bicyclic) bond motifs is 1. The van der Waals surface area contributed by atoms with E-state index in [2.05, 4.69) is 9.97 Å². The predicted octanol–water partition coefficient (Wildman–Crippen LogP) is 3.43. The van der Waals surface area contributed by atoms with Crippen LogP contribution < -0.4 is 4.74 Å². The second kappa shape index (κ2) is 5.20. The average Bonchev–Trinajstić information content (AvgIpc) is 2.47. The highest BCUT2D eigenvalue weighted by Gasteiger charge is 2.16. The van der Waals surface area contributed by atoms with Crippen LogP contribution in [0.15, 0.2) is 48.8 Å². The van der Waals surface area contributed by atoms with Crippen molar-refractivity contribution < 1.29 is 14.6 Å². The molecule has 0 saturated carbocycles. The van der Waals surface area contributed by atoms with Crippen LogP contribution in [0.3, 0.4) is 0 Å². The van der Waals surface area contributed by atoms with Crippen LogP contribution in [-0.2, 0) is 0 Å². The van der Waals surface area contributed by atoms with E-state index in [9.17, 15) is 9.90 Å². The zero-order chi connectivity index (χ0) is 14.8. The molecule has 5 nitrogen and oxygen atoms in total. The van der Waals surface area contributed by atoms with Crippen LogP contribution in [0.2, 0.25) is 0 Å². The van der Waals surface area contributed by atoms with Crippen LogP contribution in [0, 0.1) is 6.92 Å². The summed E-state index contributed by atoms with van der Waals surface area (Å²) in [6.07, 6.45) is 3.07. The smallest absolute Gasteiger partial charge is 0.341 e. The van der Waals surface area contributed by atoms with Crippen LogP contribution in [0.4, 0.5) is 0 Å². The molecule has 0 atom stereocenters. The van der Waals surface area contributed by atoms with Gasteiger partial charge in [-0.1, -0.05) is 18.2 Å². The minimum absolute atomic E-state index is 0.0608. The third-order valence-electron chi connectivity index (χ3n) is 3.12. The summed E-state index contributed by atoms with van der Waals surface area (Å²) in [5.74, 6) is -0.543. The van der Waals surface area contributed by atoms with Crippen molar-refractivity contribution >= 4 is 16.9 Å². The average molecular weight is 280 g/mol. The van der Waals surface area contributed by atoms with E-state index in [0.29, 0.717) is 11.3 Å². The lowest BCUT2D eigenvalue weighted by Crippen LogP contribution is -2.04. The van der Waals surface area contributed by atoms with Gasteiger partial charge in [0.15, 0.2) is 0 Å². The number of nitrogens with zero attached hydrogens (tertiary/aromatic N) is 2. The van der Waals surface area contributed by atoms with E-state index >= 15 is 0 Å². The minimum Gasteiger partial charge on any atom is -0.477 e. The maximum Gasteiger partial charge on any atom is 0.341 e. The molecule has 0 amide bonds. The number of carboxylic acids is 1. The van der Waals surface area contributed by atoms with Gasteiger partial charge in [0.1, 0.15) is 11.3 Å². The monoisotopic (exact) mass is 280 g/mol. The largest absolute Gasteiger partial charge is 0.477 e. The van der Waals surface area contributed by atoms with Crippen LogP contribution in [0.5, 0.6) is 11.6 Å². The molecule has 1 N–H and O–H groups in total. The fourth-order valence-electron chi connectivity index (χ4n) is 2.09. The summed E-state index contributed by atoms with van der Waals surface area (Å²) in [5, 5.41) is 10.2. The van der Waals surface area contributed by atoms with Gasteiger partial charge in [-0.05, 0) is 30.7 Å². The van der Waals surface area contributed by atoms with E-state index in [1.165, 1.54) is 6.20 Å². The zero-order valence-electron chi connectivity index (χ0n) is 11.3. The Kier molecular flexibility index (Phi) is 3.23. The fraction of sp³-hybridized carbons (Fsp3) is 0.0625. The molecule has 0 radical (unpaired) electrons. The van der Waals surface area contributed by atoms with Gasteiger partial charge in [-0.3, -0.25) is 4.98 Å². The number of rotatable bonds is 3. The predicted molar refractivity (Wildman–Crippen MR) is 77.8 cm³/mol. The molecule has 104 valence electrons. The van der Waals surface area contributed by atoms with Crippen molar-refractivity contribution in [1.29, 1.82) is 0 Å². The second-order valence-electron chi connectivity index (χ2n) is 4.58. The maximum atomic E-state index is 11.3. The molecular weight excluding hydrogens is 268 g/mol. The van der Waals surface area contributed by atoms with Gasteiger partial charge in [0.25, 0.3) is 0 Å². The van der Waals surface area contributed by atoms with Crippen LogP contribution in [0.1, 0.15) is 15.9 Å². The maximum absolute atomic E-state index is 11.3. The van der Waals surface area contributed by atoms with Gasteiger partial charge in [-0.25, -0.2) is 9.78 Å². The van der Waals surface area contributed by atoms with E-state index in [1.54, 1.807) is 25.3 Å². The molecular formula is C16H12N2O3. The van der Waals surface area contributed by atoms with Gasteiger partial charge < -0.3 is 9.84 Å². The minimum atomic E-state index is -1.07. The first-order valence-corrected chi connectivity index (χ1v) is 6.36. The SMILES string of the molecule is Cc1ccnc(Oc2cnc3ccccc3c2)c1C(=O)O. The van der Waals surface area contributed by atoms with Gasteiger partial charge in [-0.2, -0.15) is 0 Å². The molecule has 3 aromatic rings. The Morgan fingerprint density at radius 3 is 2.81 bits per heavy atom. The Morgan fingerprint density at radius 1 is 1.19 bits per heavy atom. The van der Waals surface area contributed by atoms with Crippen molar-refractivity contribution in [2.75, 3.05) is 0 Å². The Labute approximate surface area is 120 Å². The van der Waals surface area contributed by atoms with Gasteiger partial charge >= 0.3 is 5.97 Å². The number of aromatic carboxylic acids is 1. The first kappa shape index (κ1) is 13.1. The lowest BCUT2D eigenvalue weighted by molar-refractivity contribution is 0.0692. The third-order valence-corrected chi connectivity index (χ3v) is 3.12. The number of para-hydroxylation sites is 1. The molecule has 0 aliphatic heterocycles. The number of benzene rings is 1. The van der Waals surface area contributed by atoms with Crippen LogP contribution >= 0.6 is 0 Å². The number of aromatic nitrogens is 2. The number of carboxylic acid groups (broad SMARTS) is 1. The van der Waals surface area contributed by atoms with Crippen molar-refractivity contribution in [1.82, 2.24) is 9.97 Å². The molecule has 2 heterocycles. The Morgan fingerprint density at radius 2 is 2.00 bits per heavy atom. The summed E-state index contributed by atoms with van der Waals surface area (Å²) in [4.78, 5) is 19.6. The van der Waals surface area contributed by atoms with Crippen molar-refractivity contribution in [3.63, 3.8) is 0 Å². The lowest BCUT2D eigenvalue weighted by atomic mass is 10.1. The lowest BCUT2D eigenvalue weighted by Gasteiger charge is -2.09. The highest BCUT2D eigenvalue weighted by atomic mass is 16.5. The second-order valence-corrected chi connectivity index (χ2v) is 4.58.